The second-order valence-electron chi connectivity index (χ2n) is 8.94. The van der Waals surface area contributed by atoms with Gasteiger partial charge in [-0.05, 0) is 24.5 Å². The van der Waals surface area contributed by atoms with Crippen LogP contribution in [0.1, 0.15) is 12.8 Å². The van der Waals surface area contributed by atoms with Gasteiger partial charge in [-0.2, -0.15) is 0 Å². The molecule has 2 atom stereocenters. The number of nitrogens with zero attached hydrogens (tertiary/aromatic N) is 3. The summed E-state index contributed by atoms with van der Waals surface area (Å²) in [6.07, 6.45) is 4.20. The molecule has 2 N–H and O–H groups in total. The molecule has 10 nitrogen and oxygen atoms in total. The van der Waals surface area contributed by atoms with Gasteiger partial charge in [0.15, 0.2) is 11.6 Å². The van der Waals surface area contributed by atoms with E-state index in [1.54, 1.807) is 19.4 Å². The number of carbonyl (C=O) groups is 1. The summed E-state index contributed by atoms with van der Waals surface area (Å²) in [5.41, 5.74) is 1.54. The monoisotopic (exact) mass is 575 g/mol. The number of benzene rings is 1. The molecule has 2 aromatic heterocycles. The van der Waals surface area contributed by atoms with E-state index in [2.05, 4.69) is 22.2 Å². The van der Waals surface area contributed by atoms with E-state index < -0.39 is 0 Å². The van der Waals surface area contributed by atoms with Gasteiger partial charge in [-0.1, -0.05) is 29.8 Å². The zero-order valence-corrected chi connectivity index (χ0v) is 23.6. The van der Waals surface area contributed by atoms with Gasteiger partial charge in [-0.15, -0.1) is 0 Å². The number of nitrogens with one attached hydrogen (secondary N) is 2. The van der Waals surface area contributed by atoms with Crippen LogP contribution in [0.15, 0.2) is 31.0 Å². The first-order valence-corrected chi connectivity index (χ1v) is 13.2. The Morgan fingerprint density at radius 2 is 1.92 bits per heavy atom. The zero-order valence-electron chi connectivity index (χ0n) is 22.1. The highest BCUT2D eigenvalue weighted by Crippen LogP contribution is 2.46. The van der Waals surface area contributed by atoms with Gasteiger partial charge in [0.05, 0.1) is 49.2 Å². The van der Waals surface area contributed by atoms with Crippen molar-refractivity contribution in [2.45, 2.75) is 18.9 Å². The minimum Gasteiger partial charge on any atom is -0.495 e. The lowest BCUT2D eigenvalue weighted by Crippen LogP contribution is -2.40. The first kappa shape index (κ1) is 28.8. The lowest BCUT2D eigenvalue weighted by atomic mass is 9.90. The number of hydrogen-bond acceptors (Lipinski definition) is 10. The van der Waals surface area contributed by atoms with Gasteiger partial charge in [0.25, 0.3) is 0 Å². The van der Waals surface area contributed by atoms with Gasteiger partial charge in [0.1, 0.15) is 17.0 Å². The van der Waals surface area contributed by atoms with Crippen molar-refractivity contribution in [3.8, 4) is 22.8 Å². The Kier molecular flexibility index (Phi) is 9.79. The van der Waals surface area contributed by atoms with Crippen LogP contribution in [-0.4, -0.2) is 74.5 Å². The van der Waals surface area contributed by atoms with E-state index in [1.807, 2.05) is 6.07 Å². The maximum atomic E-state index is 12.0. The Bertz CT molecular complexity index is 1330. The molecule has 1 aromatic carbocycles. The fourth-order valence-electron chi connectivity index (χ4n) is 4.44. The molecule has 0 radical (unpaired) electrons. The van der Waals surface area contributed by atoms with Crippen LogP contribution in [0.4, 0.5) is 11.8 Å². The molecule has 1 saturated heterocycles. The number of hydrogen-bond donors (Lipinski definition) is 2. The van der Waals surface area contributed by atoms with E-state index in [9.17, 15) is 4.79 Å². The number of ketones is 1. The molecule has 3 heterocycles. The first-order valence-electron chi connectivity index (χ1n) is 12.4. The van der Waals surface area contributed by atoms with E-state index >= 15 is 0 Å². The van der Waals surface area contributed by atoms with Gasteiger partial charge in [0, 0.05) is 49.9 Å². The van der Waals surface area contributed by atoms with E-state index in [1.165, 1.54) is 20.3 Å². The van der Waals surface area contributed by atoms with E-state index in [0.29, 0.717) is 88.3 Å². The molecular weight excluding hydrogens is 545 g/mol. The third-order valence-electron chi connectivity index (χ3n) is 6.50. The van der Waals surface area contributed by atoms with E-state index in [0.717, 1.165) is 6.42 Å². The SMILES string of the molecule is C=CC(=O)C[C@H]1CCOC[C@H]1Nc1ncc2cc(-c3c(Cl)c(OC)cc(OC)c3Cl)nc(NCCOC)c2n1. The largest absolute Gasteiger partial charge is 0.495 e. The molecule has 0 bridgehead atoms. The second kappa shape index (κ2) is 13.3. The zero-order chi connectivity index (χ0) is 27.9. The van der Waals surface area contributed by atoms with Crippen molar-refractivity contribution >= 4 is 51.7 Å². The Hall–Kier alpha value is -3.18. The average molecular weight is 576 g/mol. The fraction of sp³-hybridized carbons (Fsp3) is 0.407. The Balaban J connectivity index is 1.76. The topological polar surface area (TPSA) is 117 Å². The Morgan fingerprint density at radius 3 is 2.59 bits per heavy atom. The molecule has 1 aliphatic rings. The van der Waals surface area contributed by atoms with Gasteiger partial charge in [0.2, 0.25) is 5.95 Å². The lowest BCUT2D eigenvalue weighted by Gasteiger charge is -2.31. The second-order valence-corrected chi connectivity index (χ2v) is 9.70. The van der Waals surface area contributed by atoms with Crippen molar-refractivity contribution in [3.05, 3.63) is 41.0 Å². The number of anilines is 2. The minimum atomic E-state index is -0.126. The molecule has 0 aliphatic carbocycles. The summed E-state index contributed by atoms with van der Waals surface area (Å²) in [5, 5.41) is 7.94. The first-order chi connectivity index (χ1) is 18.9. The van der Waals surface area contributed by atoms with Crippen LogP contribution in [0, 0.1) is 5.92 Å². The highest BCUT2D eigenvalue weighted by atomic mass is 35.5. The van der Waals surface area contributed by atoms with E-state index in [-0.39, 0.29) is 17.7 Å². The molecule has 0 unspecified atom stereocenters. The highest BCUT2D eigenvalue weighted by molar-refractivity contribution is 6.41. The number of pyridine rings is 1. The molecule has 4 rings (SSSR count). The summed E-state index contributed by atoms with van der Waals surface area (Å²) in [6.45, 7) is 5.58. The fourth-order valence-corrected chi connectivity index (χ4v) is 5.13. The molecule has 1 fully saturated rings. The molecule has 39 heavy (non-hydrogen) atoms. The number of halogens is 2. The number of fused-ring (bicyclic) bond motifs is 1. The van der Waals surface area contributed by atoms with Crippen molar-refractivity contribution in [1.82, 2.24) is 15.0 Å². The number of ether oxygens (including phenoxy) is 4. The number of aromatic nitrogens is 3. The summed E-state index contributed by atoms with van der Waals surface area (Å²) >= 11 is 13.3. The van der Waals surface area contributed by atoms with Crippen molar-refractivity contribution in [2.24, 2.45) is 5.92 Å². The molecule has 12 heteroatoms. The van der Waals surface area contributed by atoms with Gasteiger partial charge in [-0.3, -0.25) is 4.79 Å². The number of methoxy groups -OCH3 is 3. The van der Waals surface area contributed by atoms with Crippen molar-refractivity contribution in [2.75, 3.05) is 58.3 Å². The number of allylic oxidation sites excluding steroid dienone is 1. The maximum Gasteiger partial charge on any atom is 0.223 e. The standard InChI is InChI=1S/C27H31Cl2N5O5/c1-5-17(35)10-15-6-8-39-14-19(15)33-27-31-13-16-11-18(32-26(25(16)34-27)30-7-9-36-2)22-23(28)20(37-3)12-21(38-4)24(22)29/h5,11-13,15,19H,1,6-10,14H2,2-4H3,(H,30,32)(H,31,33,34)/t15-,19-/m1/s1. The van der Waals surface area contributed by atoms with Crippen LogP contribution >= 0.6 is 23.2 Å². The van der Waals surface area contributed by atoms with Crippen LogP contribution < -0.4 is 20.1 Å². The van der Waals surface area contributed by atoms with Gasteiger partial charge < -0.3 is 29.6 Å². The lowest BCUT2D eigenvalue weighted by molar-refractivity contribution is -0.116. The Morgan fingerprint density at radius 1 is 1.18 bits per heavy atom. The molecule has 1 aliphatic heterocycles. The smallest absolute Gasteiger partial charge is 0.223 e. The Labute approximate surface area is 237 Å². The summed E-state index contributed by atoms with van der Waals surface area (Å²) in [5.74, 6) is 1.78. The molecular formula is C27H31Cl2N5O5. The molecule has 0 saturated carbocycles. The number of rotatable bonds is 12. The van der Waals surface area contributed by atoms with E-state index in [4.69, 9.17) is 52.1 Å². The third-order valence-corrected chi connectivity index (χ3v) is 7.25. The van der Waals surface area contributed by atoms with Crippen LogP contribution in [0.25, 0.3) is 22.2 Å². The van der Waals surface area contributed by atoms with Crippen molar-refractivity contribution < 1.29 is 23.7 Å². The van der Waals surface area contributed by atoms with Crippen LogP contribution in [-0.2, 0) is 14.3 Å². The molecule has 208 valence electrons. The normalized spacial score (nSPS) is 17.1. The number of carbonyl (C=O) groups excluding carboxylic acids is 1. The average Bonchev–Trinajstić information content (AvgIpc) is 2.94. The summed E-state index contributed by atoms with van der Waals surface area (Å²) in [6, 6.07) is 3.31. The molecule has 0 amide bonds. The van der Waals surface area contributed by atoms with Gasteiger partial charge >= 0.3 is 0 Å². The molecule has 0 spiro atoms. The van der Waals surface area contributed by atoms with Crippen molar-refractivity contribution in [1.29, 1.82) is 0 Å². The quantitative estimate of drug-likeness (QED) is 0.225. The predicted molar refractivity (Wildman–Crippen MR) is 152 cm³/mol. The third kappa shape index (κ3) is 6.52. The summed E-state index contributed by atoms with van der Waals surface area (Å²) < 4.78 is 21.7. The highest BCUT2D eigenvalue weighted by Gasteiger charge is 2.28. The predicted octanol–water partition coefficient (Wildman–Crippen LogP) is 5.04. The summed E-state index contributed by atoms with van der Waals surface area (Å²) in [7, 11) is 4.65. The van der Waals surface area contributed by atoms with Gasteiger partial charge in [-0.25, -0.2) is 15.0 Å². The van der Waals surface area contributed by atoms with Crippen LogP contribution in [0.3, 0.4) is 0 Å². The van der Waals surface area contributed by atoms with Crippen molar-refractivity contribution in [3.63, 3.8) is 0 Å². The van der Waals surface area contributed by atoms with Crippen LogP contribution in [0.5, 0.6) is 11.5 Å². The van der Waals surface area contributed by atoms with Crippen LogP contribution in [0.2, 0.25) is 10.0 Å². The maximum absolute atomic E-state index is 12.0. The molecule has 3 aromatic rings. The minimum absolute atomic E-state index is 0.000910. The summed E-state index contributed by atoms with van der Waals surface area (Å²) in [4.78, 5) is 26.2.